The van der Waals surface area contributed by atoms with Crippen molar-refractivity contribution in [1.29, 1.82) is 0 Å². The molecule has 6 nitrogen and oxygen atoms in total. The van der Waals surface area contributed by atoms with Crippen LogP contribution in [0.4, 0.5) is 4.39 Å². The minimum Gasteiger partial charge on any atom is -0.309 e. The van der Waals surface area contributed by atoms with Gasteiger partial charge in [0.1, 0.15) is 11.6 Å². The van der Waals surface area contributed by atoms with Crippen LogP contribution in [0.15, 0.2) is 82.7 Å². The van der Waals surface area contributed by atoms with E-state index in [9.17, 15) is 9.18 Å². The van der Waals surface area contributed by atoms with E-state index in [1.807, 2.05) is 60.9 Å². The van der Waals surface area contributed by atoms with Gasteiger partial charge < -0.3 is 4.98 Å². The predicted octanol–water partition coefficient (Wildman–Crippen LogP) is 5.47. The lowest BCUT2D eigenvalue weighted by Gasteiger charge is -2.14. The van der Waals surface area contributed by atoms with Gasteiger partial charge in [0, 0.05) is 5.69 Å². The predicted molar refractivity (Wildman–Crippen MR) is 128 cm³/mol. The number of thioether (sulfide) groups is 1. The minimum atomic E-state index is -0.372. The Morgan fingerprint density at radius 2 is 1.70 bits per heavy atom. The topological polar surface area (TPSA) is 76.5 Å². The number of para-hydroxylation sites is 1. The van der Waals surface area contributed by atoms with E-state index in [1.54, 1.807) is 24.3 Å². The number of hydrogen-bond acceptors (Lipinski definition) is 5. The van der Waals surface area contributed by atoms with E-state index in [2.05, 4.69) is 20.2 Å². The molecule has 0 aliphatic heterocycles. The van der Waals surface area contributed by atoms with Gasteiger partial charge in [-0.05, 0) is 50.2 Å². The fourth-order valence-electron chi connectivity index (χ4n) is 3.60. The molecular weight excluding hydrogens is 437 g/mol. The van der Waals surface area contributed by atoms with Crippen LogP contribution in [0.25, 0.3) is 28.0 Å². The molecule has 0 amide bonds. The van der Waals surface area contributed by atoms with Crippen molar-refractivity contribution in [3.63, 3.8) is 0 Å². The molecule has 8 heteroatoms. The van der Waals surface area contributed by atoms with E-state index >= 15 is 0 Å². The summed E-state index contributed by atoms with van der Waals surface area (Å²) in [7, 11) is 0. The second kappa shape index (κ2) is 8.63. The van der Waals surface area contributed by atoms with Crippen molar-refractivity contribution >= 4 is 22.7 Å². The molecule has 0 saturated heterocycles. The molecule has 2 heterocycles. The lowest BCUT2D eigenvalue weighted by Crippen LogP contribution is -2.13. The number of benzene rings is 3. The summed E-state index contributed by atoms with van der Waals surface area (Å²) in [5, 5.41) is 9.57. The molecule has 1 atom stereocenters. The molecular formula is C25H20FN5OS. The van der Waals surface area contributed by atoms with Gasteiger partial charge in [-0.15, -0.1) is 10.2 Å². The van der Waals surface area contributed by atoms with Gasteiger partial charge in [-0.3, -0.25) is 9.36 Å². The largest absolute Gasteiger partial charge is 0.309 e. The lowest BCUT2D eigenvalue weighted by molar-refractivity contribution is 0.629. The number of rotatable bonds is 5. The minimum absolute atomic E-state index is 0.185. The maximum absolute atomic E-state index is 14.6. The van der Waals surface area contributed by atoms with E-state index in [-0.39, 0.29) is 16.6 Å². The van der Waals surface area contributed by atoms with Crippen LogP contribution in [0, 0.1) is 12.7 Å². The number of halogens is 1. The molecule has 0 saturated carbocycles. The van der Waals surface area contributed by atoms with Crippen LogP contribution in [0.2, 0.25) is 0 Å². The monoisotopic (exact) mass is 457 g/mol. The molecule has 0 unspecified atom stereocenters. The summed E-state index contributed by atoms with van der Waals surface area (Å²) in [6.45, 7) is 3.95. The number of hydrogen-bond donors (Lipinski definition) is 1. The quantitative estimate of drug-likeness (QED) is 0.354. The molecule has 0 radical (unpaired) electrons. The van der Waals surface area contributed by atoms with Gasteiger partial charge >= 0.3 is 0 Å². The summed E-state index contributed by atoms with van der Waals surface area (Å²) in [6, 6.07) is 21.6. The van der Waals surface area contributed by atoms with E-state index < -0.39 is 0 Å². The van der Waals surface area contributed by atoms with Crippen molar-refractivity contribution in [1.82, 2.24) is 24.7 Å². The number of aromatic amines is 1. The third-order valence-corrected chi connectivity index (χ3v) is 6.39. The summed E-state index contributed by atoms with van der Waals surface area (Å²) in [5.74, 6) is 0.574. The Balaban J connectivity index is 1.59. The first kappa shape index (κ1) is 21.1. The van der Waals surface area contributed by atoms with Gasteiger partial charge in [0.2, 0.25) is 0 Å². The average molecular weight is 458 g/mol. The van der Waals surface area contributed by atoms with Crippen LogP contribution in [0.1, 0.15) is 23.6 Å². The molecule has 33 heavy (non-hydrogen) atoms. The van der Waals surface area contributed by atoms with Crippen molar-refractivity contribution in [2.24, 2.45) is 0 Å². The Morgan fingerprint density at radius 1 is 0.970 bits per heavy atom. The molecule has 0 fully saturated rings. The molecule has 5 aromatic rings. The van der Waals surface area contributed by atoms with Crippen LogP contribution in [0.5, 0.6) is 0 Å². The van der Waals surface area contributed by atoms with E-state index in [0.29, 0.717) is 33.3 Å². The van der Waals surface area contributed by atoms with Crippen molar-refractivity contribution in [3.8, 4) is 17.1 Å². The van der Waals surface area contributed by atoms with E-state index in [4.69, 9.17) is 0 Å². The van der Waals surface area contributed by atoms with Crippen LogP contribution in [-0.4, -0.2) is 24.7 Å². The number of aryl methyl sites for hydroxylation is 1. The fraction of sp³-hybridized carbons (Fsp3) is 0.120. The molecule has 5 rings (SSSR count). The van der Waals surface area contributed by atoms with Gasteiger partial charge in [-0.1, -0.05) is 53.7 Å². The Labute approximate surface area is 193 Å². The smallest absolute Gasteiger partial charge is 0.258 e. The fourth-order valence-corrected chi connectivity index (χ4v) is 4.53. The first-order valence-corrected chi connectivity index (χ1v) is 11.3. The third kappa shape index (κ3) is 4.05. The highest BCUT2D eigenvalue weighted by Gasteiger charge is 2.22. The lowest BCUT2D eigenvalue weighted by atomic mass is 10.2. The number of nitrogens with one attached hydrogen (secondary N) is 1. The second-order valence-corrected chi connectivity index (χ2v) is 8.99. The molecule has 0 aliphatic carbocycles. The van der Waals surface area contributed by atoms with E-state index in [1.165, 1.54) is 17.8 Å². The summed E-state index contributed by atoms with van der Waals surface area (Å²) in [6.07, 6.45) is 0. The number of aromatic nitrogens is 5. The SMILES string of the molecule is Cc1ccc(-n2c(S[C@H](C)c3nc4ccccc4c(=O)[nH]3)nnc2-c2ccccc2F)cc1. The maximum Gasteiger partial charge on any atom is 0.258 e. The summed E-state index contributed by atoms with van der Waals surface area (Å²) >= 11 is 1.40. The Hall–Kier alpha value is -3.78. The molecule has 3 aromatic carbocycles. The van der Waals surface area contributed by atoms with Gasteiger partial charge in [-0.25, -0.2) is 9.37 Å². The van der Waals surface area contributed by atoms with Gasteiger partial charge in [-0.2, -0.15) is 0 Å². The van der Waals surface area contributed by atoms with E-state index in [0.717, 1.165) is 11.3 Å². The van der Waals surface area contributed by atoms with Crippen LogP contribution < -0.4 is 5.56 Å². The number of nitrogens with zero attached hydrogens (tertiary/aromatic N) is 4. The van der Waals surface area contributed by atoms with Crippen LogP contribution in [0.3, 0.4) is 0 Å². The zero-order chi connectivity index (χ0) is 22.9. The summed E-state index contributed by atoms with van der Waals surface area (Å²) in [5.41, 5.74) is 2.74. The average Bonchev–Trinajstić information content (AvgIpc) is 3.23. The molecule has 0 aliphatic rings. The van der Waals surface area contributed by atoms with Gasteiger partial charge in [0.15, 0.2) is 11.0 Å². The van der Waals surface area contributed by atoms with Crippen molar-refractivity contribution in [2.45, 2.75) is 24.3 Å². The van der Waals surface area contributed by atoms with Crippen molar-refractivity contribution in [2.75, 3.05) is 0 Å². The standard InChI is InChI=1S/C25H20FN5OS/c1-15-11-13-17(14-12-15)31-23(18-7-3-5-9-20(18)26)29-30-25(31)33-16(2)22-27-21-10-6-4-8-19(21)24(32)28-22/h3-14,16H,1-2H3,(H,27,28,32)/t16-/m1/s1. The Bertz CT molecular complexity index is 1510. The highest BCUT2D eigenvalue weighted by Crippen LogP contribution is 2.36. The second-order valence-electron chi connectivity index (χ2n) is 7.69. The molecule has 0 spiro atoms. The molecule has 0 bridgehead atoms. The van der Waals surface area contributed by atoms with Gasteiger partial charge in [0.05, 0.1) is 21.7 Å². The molecule has 164 valence electrons. The molecule has 2 aromatic heterocycles. The van der Waals surface area contributed by atoms with Crippen LogP contribution in [-0.2, 0) is 0 Å². The number of fused-ring (bicyclic) bond motifs is 1. The van der Waals surface area contributed by atoms with Crippen molar-refractivity contribution in [3.05, 3.63) is 100 Å². The molecule has 1 N–H and O–H groups in total. The first-order valence-electron chi connectivity index (χ1n) is 10.4. The zero-order valence-electron chi connectivity index (χ0n) is 18.0. The number of H-pyrrole nitrogens is 1. The Morgan fingerprint density at radius 3 is 2.48 bits per heavy atom. The Kier molecular flexibility index (Phi) is 5.51. The van der Waals surface area contributed by atoms with Crippen LogP contribution >= 0.6 is 11.8 Å². The van der Waals surface area contributed by atoms with Gasteiger partial charge in [0.25, 0.3) is 5.56 Å². The highest BCUT2D eigenvalue weighted by molar-refractivity contribution is 7.99. The van der Waals surface area contributed by atoms with Crippen molar-refractivity contribution < 1.29 is 4.39 Å². The highest BCUT2D eigenvalue weighted by atomic mass is 32.2. The third-order valence-electron chi connectivity index (χ3n) is 5.34. The zero-order valence-corrected chi connectivity index (χ0v) is 18.8. The first-order chi connectivity index (χ1) is 16.0. The summed E-state index contributed by atoms with van der Waals surface area (Å²) < 4.78 is 16.5. The normalized spacial score (nSPS) is 12.2. The maximum atomic E-state index is 14.6. The summed E-state index contributed by atoms with van der Waals surface area (Å²) in [4.78, 5) is 20.0.